The summed E-state index contributed by atoms with van der Waals surface area (Å²) >= 11 is 0. The molecule has 1 N–H and O–H groups in total. The Morgan fingerprint density at radius 1 is 1.44 bits per heavy atom. The summed E-state index contributed by atoms with van der Waals surface area (Å²) in [5, 5.41) is 10.8. The maximum Gasteiger partial charge on any atom is 0.274 e. The number of rotatable bonds is 3. The molecule has 1 saturated heterocycles. The van der Waals surface area contributed by atoms with Crippen molar-refractivity contribution in [2.24, 2.45) is 0 Å². The van der Waals surface area contributed by atoms with Crippen LogP contribution >= 0.6 is 0 Å². The topological polar surface area (TPSA) is 58.1 Å². The van der Waals surface area contributed by atoms with Crippen LogP contribution < -0.4 is 5.32 Å². The van der Waals surface area contributed by atoms with Crippen LogP contribution in [0.4, 0.5) is 5.82 Å². The van der Waals surface area contributed by atoms with Gasteiger partial charge in [-0.05, 0) is 38.3 Å². The molecule has 0 spiro atoms. The van der Waals surface area contributed by atoms with Crippen LogP contribution in [-0.4, -0.2) is 40.1 Å². The number of hydrogen-bond donors (Lipinski definition) is 1. The van der Waals surface area contributed by atoms with Gasteiger partial charge >= 0.3 is 0 Å². The molecular formula is C13H20N4O. The standard InChI is InChI=1S/C13H20N4O/c1-4-10-6-5-9(2)17(10)13(18)11-7-8-12(14-3)16-15-11/h7-10H,4-6H2,1-3H3,(H,14,16). The first-order valence-electron chi connectivity index (χ1n) is 6.51. The van der Waals surface area contributed by atoms with E-state index in [1.807, 2.05) is 4.90 Å². The Morgan fingerprint density at radius 2 is 2.22 bits per heavy atom. The zero-order valence-corrected chi connectivity index (χ0v) is 11.2. The van der Waals surface area contributed by atoms with E-state index in [0.29, 0.717) is 23.6 Å². The largest absolute Gasteiger partial charge is 0.372 e. The molecule has 1 aromatic rings. The molecule has 98 valence electrons. The first kappa shape index (κ1) is 12.8. The van der Waals surface area contributed by atoms with E-state index in [9.17, 15) is 4.79 Å². The van der Waals surface area contributed by atoms with E-state index in [1.54, 1.807) is 19.2 Å². The Hall–Kier alpha value is -1.65. The van der Waals surface area contributed by atoms with Crippen molar-refractivity contribution in [1.82, 2.24) is 15.1 Å². The highest BCUT2D eigenvalue weighted by molar-refractivity contribution is 5.92. The molecule has 2 unspecified atom stereocenters. The van der Waals surface area contributed by atoms with E-state index in [1.165, 1.54) is 0 Å². The Balaban J connectivity index is 2.18. The van der Waals surface area contributed by atoms with Gasteiger partial charge in [-0.2, -0.15) is 0 Å². The van der Waals surface area contributed by atoms with Crippen molar-refractivity contribution in [3.05, 3.63) is 17.8 Å². The third-order valence-corrected chi connectivity index (χ3v) is 3.63. The molecule has 1 amide bonds. The molecule has 0 saturated carbocycles. The van der Waals surface area contributed by atoms with Crippen LogP contribution in [0.5, 0.6) is 0 Å². The maximum atomic E-state index is 12.4. The highest BCUT2D eigenvalue weighted by Gasteiger charge is 2.34. The van der Waals surface area contributed by atoms with Crippen LogP contribution in [-0.2, 0) is 0 Å². The van der Waals surface area contributed by atoms with Crippen molar-refractivity contribution in [3.63, 3.8) is 0 Å². The Morgan fingerprint density at radius 3 is 2.78 bits per heavy atom. The van der Waals surface area contributed by atoms with Gasteiger partial charge in [-0.3, -0.25) is 4.79 Å². The number of likely N-dealkylation sites (tertiary alicyclic amines) is 1. The first-order valence-corrected chi connectivity index (χ1v) is 6.51. The molecule has 2 rings (SSSR count). The lowest BCUT2D eigenvalue weighted by molar-refractivity contribution is 0.0669. The molecule has 0 aliphatic carbocycles. The predicted molar refractivity (Wildman–Crippen MR) is 70.5 cm³/mol. The van der Waals surface area contributed by atoms with E-state index in [2.05, 4.69) is 29.4 Å². The molecule has 5 nitrogen and oxygen atoms in total. The predicted octanol–water partition coefficient (Wildman–Crippen LogP) is 1.92. The summed E-state index contributed by atoms with van der Waals surface area (Å²) in [6.07, 6.45) is 3.16. The molecule has 2 atom stereocenters. The average molecular weight is 248 g/mol. The van der Waals surface area contributed by atoms with E-state index >= 15 is 0 Å². The van der Waals surface area contributed by atoms with Gasteiger partial charge < -0.3 is 10.2 Å². The lowest BCUT2D eigenvalue weighted by Crippen LogP contribution is -2.40. The first-order chi connectivity index (χ1) is 8.67. The summed E-state index contributed by atoms with van der Waals surface area (Å²) in [4.78, 5) is 14.4. The van der Waals surface area contributed by atoms with Gasteiger partial charge in [0.1, 0.15) is 5.82 Å². The number of amides is 1. The van der Waals surface area contributed by atoms with Gasteiger partial charge in [-0.25, -0.2) is 0 Å². The summed E-state index contributed by atoms with van der Waals surface area (Å²) in [7, 11) is 1.78. The molecule has 0 radical (unpaired) electrons. The summed E-state index contributed by atoms with van der Waals surface area (Å²) in [6.45, 7) is 4.22. The van der Waals surface area contributed by atoms with Crippen molar-refractivity contribution in [2.45, 2.75) is 45.2 Å². The Labute approximate surface area is 108 Å². The van der Waals surface area contributed by atoms with Crippen LogP contribution in [0.3, 0.4) is 0 Å². The van der Waals surface area contributed by atoms with E-state index in [-0.39, 0.29) is 5.91 Å². The number of carbonyl (C=O) groups is 1. The minimum absolute atomic E-state index is 0.00185. The molecule has 1 aliphatic rings. The highest BCUT2D eigenvalue weighted by Crippen LogP contribution is 2.27. The fraction of sp³-hybridized carbons (Fsp3) is 0.615. The maximum absolute atomic E-state index is 12.4. The molecule has 0 aromatic carbocycles. The fourth-order valence-corrected chi connectivity index (χ4v) is 2.55. The van der Waals surface area contributed by atoms with Gasteiger partial charge in [0.05, 0.1) is 0 Å². The number of carbonyl (C=O) groups excluding carboxylic acids is 1. The minimum atomic E-state index is 0.00185. The average Bonchev–Trinajstić information content (AvgIpc) is 2.79. The number of anilines is 1. The lowest BCUT2D eigenvalue weighted by atomic mass is 10.1. The number of nitrogens with zero attached hydrogens (tertiary/aromatic N) is 3. The summed E-state index contributed by atoms with van der Waals surface area (Å²) in [5.74, 6) is 0.676. The minimum Gasteiger partial charge on any atom is -0.372 e. The van der Waals surface area contributed by atoms with Gasteiger partial charge in [0.2, 0.25) is 0 Å². The quantitative estimate of drug-likeness (QED) is 0.888. The van der Waals surface area contributed by atoms with Gasteiger partial charge in [-0.15, -0.1) is 10.2 Å². The molecule has 1 aliphatic heterocycles. The van der Waals surface area contributed by atoms with E-state index in [4.69, 9.17) is 0 Å². The summed E-state index contributed by atoms with van der Waals surface area (Å²) in [6, 6.07) is 4.16. The van der Waals surface area contributed by atoms with Gasteiger partial charge in [0, 0.05) is 19.1 Å². The number of nitrogens with one attached hydrogen (secondary N) is 1. The monoisotopic (exact) mass is 248 g/mol. The zero-order valence-electron chi connectivity index (χ0n) is 11.2. The van der Waals surface area contributed by atoms with Crippen molar-refractivity contribution < 1.29 is 4.79 Å². The normalized spacial score (nSPS) is 23.2. The van der Waals surface area contributed by atoms with Crippen LogP contribution in [0.1, 0.15) is 43.6 Å². The third kappa shape index (κ3) is 2.30. The van der Waals surface area contributed by atoms with Crippen molar-refractivity contribution in [3.8, 4) is 0 Å². The summed E-state index contributed by atoms with van der Waals surface area (Å²) in [5.41, 5.74) is 0.432. The Bertz CT molecular complexity index is 418. The molecule has 1 fully saturated rings. The van der Waals surface area contributed by atoms with Gasteiger partial charge in [0.25, 0.3) is 5.91 Å². The van der Waals surface area contributed by atoms with Crippen molar-refractivity contribution in [2.75, 3.05) is 12.4 Å². The number of hydrogen-bond acceptors (Lipinski definition) is 4. The van der Waals surface area contributed by atoms with Crippen LogP contribution in [0, 0.1) is 0 Å². The molecule has 0 bridgehead atoms. The lowest BCUT2D eigenvalue weighted by Gasteiger charge is -2.27. The smallest absolute Gasteiger partial charge is 0.274 e. The Kier molecular flexibility index (Phi) is 3.79. The second-order valence-corrected chi connectivity index (χ2v) is 4.75. The summed E-state index contributed by atoms with van der Waals surface area (Å²) < 4.78 is 0. The molecule has 18 heavy (non-hydrogen) atoms. The highest BCUT2D eigenvalue weighted by atomic mass is 16.2. The van der Waals surface area contributed by atoms with E-state index < -0.39 is 0 Å². The van der Waals surface area contributed by atoms with Crippen molar-refractivity contribution >= 4 is 11.7 Å². The molecule has 2 heterocycles. The molecule has 1 aromatic heterocycles. The number of aromatic nitrogens is 2. The fourth-order valence-electron chi connectivity index (χ4n) is 2.55. The molecular weight excluding hydrogens is 228 g/mol. The van der Waals surface area contributed by atoms with Gasteiger partial charge in [-0.1, -0.05) is 6.92 Å². The second-order valence-electron chi connectivity index (χ2n) is 4.75. The van der Waals surface area contributed by atoms with Crippen LogP contribution in [0.25, 0.3) is 0 Å². The van der Waals surface area contributed by atoms with Gasteiger partial charge in [0.15, 0.2) is 5.69 Å². The van der Waals surface area contributed by atoms with Crippen molar-refractivity contribution in [1.29, 1.82) is 0 Å². The van der Waals surface area contributed by atoms with Crippen LogP contribution in [0.2, 0.25) is 0 Å². The van der Waals surface area contributed by atoms with Crippen LogP contribution in [0.15, 0.2) is 12.1 Å². The zero-order chi connectivity index (χ0) is 13.1. The van der Waals surface area contributed by atoms with E-state index in [0.717, 1.165) is 19.3 Å². The third-order valence-electron chi connectivity index (χ3n) is 3.63. The second kappa shape index (κ2) is 5.33. The molecule has 5 heteroatoms. The SMILES string of the molecule is CCC1CCC(C)N1C(=O)c1ccc(NC)nn1.